The molecule has 2 unspecified atom stereocenters. The molecule has 0 radical (unpaired) electrons. The molecular formula is C14H16ClNO3. The van der Waals surface area contributed by atoms with E-state index in [9.17, 15) is 0 Å². The molecule has 4 nitrogen and oxygen atoms in total. The number of rotatable bonds is 3. The molecule has 1 aromatic carbocycles. The molecule has 3 rings (SSSR count). The van der Waals surface area contributed by atoms with E-state index < -0.39 is 0 Å². The Balaban J connectivity index is 1.96. The van der Waals surface area contributed by atoms with Gasteiger partial charge in [0.05, 0.1) is 18.7 Å². The molecule has 2 atom stereocenters. The van der Waals surface area contributed by atoms with Gasteiger partial charge in [0.25, 0.3) is 0 Å². The van der Waals surface area contributed by atoms with Crippen molar-refractivity contribution < 1.29 is 14.3 Å². The topological polar surface area (TPSA) is 40.0 Å². The maximum atomic E-state index is 5.79. The molecule has 19 heavy (non-hydrogen) atoms. The second-order valence-electron chi connectivity index (χ2n) is 4.92. The lowest BCUT2D eigenvalue weighted by atomic mass is 10.0. The molecule has 0 bridgehead atoms. The van der Waals surface area contributed by atoms with Gasteiger partial charge in [0, 0.05) is 24.0 Å². The lowest BCUT2D eigenvalue weighted by molar-refractivity contribution is 0.102. The number of methoxy groups -OCH3 is 1. The minimum Gasteiger partial charge on any atom is -0.496 e. The van der Waals surface area contributed by atoms with Crippen LogP contribution in [-0.2, 0) is 11.3 Å². The monoisotopic (exact) mass is 281 g/mol. The normalized spacial score (nSPS) is 24.5. The molecule has 0 amide bonds. The summed E-state index contributed by atoms with van der Waals surface area (Å²) in [6.45, 7) is 2.06. The van der Waals surface area contributed by atoms with Crippen molar-refractivity contribution in [3.05, 3.63) is 23.3 Å². The van der Waals surface area contributed by atoms with E-state index in [2.05, 4.69) is 12.1 Å². The van der Waals surface area contributed by atoms with Crippen molar-refractivity contribution in [2.45, 2.75) is 32.0 Å². The van der Waals surface area contributed by atoms with Gasteiger partial charge < -0.3 is 14.3 Å². The van der Waals surface area contributed by atoms with E-state index in [1.54, 1.807) is 7.11 Å². The van der Waals surface area contributed by atoms with Gasteiger partial charge in [-0.25, -0.2) is 0 Å². The van der Waals surface area contributed by atoms with E-state index in [0.29, 0.717) is 12.3 Å². The number of ether oxygens (including phenoxy) is 2. The number of oxime groups is 1. The van der Waals surface area contributed by atoms with Gasteiger partial charge in [0.2, 0.25) is 0 Å². The Bertz CT molecular complexity index is 530. The molecule has 2 aliphatic heterocycles. The molecule has 2 aliphatic rings. The van der Waals surface area contributed by atoms with Gasteiger partial charge in [0.15, 0.2) is 0 Å². The average Bonchev–Trinajstić information content (AvgIpc) is 3.01. The highest BCUT2D eigenvalue weighted by Gasteiger charge is 2.27. The van der Waals surface area contributed by atoms with Crippen LogP contribution in [-0.4, -0.2) is 30.9 Å². The molecule has 0 aromatic heterocycles. The fourth-order valence-electron chi connectivity index (χ4n) is 2.50. The zero-order valence-electron chi connectivity index (χ0n) is 11.0. The summed E-state index contributed by atoms with van der Waals surface area (Å²) in [5.41, 5.74) is 2.98. The third-order valence-electron chi connectivity index (χ3n) is 3.43. The molecular weight excluding hydrogens is 266 g/mol. The molecule has 5 heteroatoms. The first-order chi connectivity index (χ1) is 9.21. The molecule has 0 spiro atoms. The maximum Gasteiger partial charge on any atom is 0.146 e. The van der Waals surface area contributed by atoms with Gasteiger partial charge in [-0.2, -0.15) is 0 Å². The van der Waals surface area contributed by atoms with E-state index in [4.69, 9.17) is 25.9 Å². The molecule has 2 heterocycles. The van der Waals surface area contributed by atoms with E-state index in [-0.39, 0.29) is 12.2 Å². The van der Waals surface area contributed by atoms with E-state index in [1.807, 2.05) is 12.1 Å². The summed E-state index contributed by atoms with van der Waals surface area (Å²) in [6, 6.07) is 4.03. The molecule has 0 saturated carbocycles. The second-order valence-corrected chi connectivity index (χ2v) is 5.23. The van der Waals surface area contributed by atoms with Crippen LogP contribution in [0.25, 0.3) is 0 Å². The fourth-order valence-corrected chi connectivity index (χ4v) is 2.67. The summed E-state index contributed by atoms with van der Waals surface area (Å²) in [4.78, 5) is 5.27. The first-order valence-corrected chi connectivity index (χ1v) is 6.91. The number of benzene rings is 1. The van der Waals surface area contributed by atoms with E-state index >= 15 is 0 Å². The van der Waals surface area contributed by atoms with Crippen LogP contribution in [0, 0.1) is 0 Å². The highest BCUT2D eigenvalue weighted by Crippen LogP contribution is 2.36. The zero-order valence-corrected chi connectivity index (χ0v) is 11.7. The molecule has 0 aliphatic carbocycles. The van der Waals surface area contributed by atoms with E-state index in [0.717, 1.165) is 29.2 Å². The maximum absolute atomic E-state index is 5.79. The lowest BCUT2D eigenvalue weighted by Crippen LogP contribution is -2.10. The third-order valence-corrected chi connectivity index (χ3v) is 3.78. The van der Waals surface area contributed by atoms with Crippen molar-refractivity contribution in [3.8, 4) is 11.5 Å². The van der Waals surface area contributed by atoms with Crippen LogP contribution in [0.15, 0.2) is 17.3 Å². The third kappa shape index (κ3) is 2.25. The van der Waals surface area contributed by atoms with Crippen LogP contribution in [0.4, 0.5) is 0 Å². The van der Waals surface area contributed by atoms with Crippen LogP contribution in [0.5, 0.6) is 11.5 Å². The van der Waals surface area contributed by atoms with Gasteiger partial charge in [-0.05, 0) is 19.1 Å². The van der Waals surface area contributed by atoms with Gasteiger partial charge in [0.1, 0.15) is 23.7 Å². The fraction of sp³-hybridized carbons (Fsp3) is 0.500. The largest absolute Gasteiger partial charge is 0.496 e. The highest BCUT2D eigenvalue weighted by molar-refractivity contribution is 6.18. The summed E-state index contributed by atoms with van der Waals surface area (Å²) in [7, 11) is 1.67. The van der Waals surface area contributed by atoms with Gasteiger partial charge >= 0.3 is 0 Å². The minimum absolute atomic E-state index is 0.0468. The number of nitrogens with zero attached hydrogens (tertiary/aromatic N) is 1. The number of alkyl halides is 1. The number of fused-ring (bicyclic) bond motifs is 1. The zero-order chi connectivity index (χ0) is 13.4. The van der Waals surface area contributed by atoms with Crippen molar-refractivity contribution in [1.82, 2.24) is 0 Å². The molecule has 0 N–H and O–H groups in total. The Labute approximate surface area is 117 Å². The Morgan fingerprint density at radius 3 is 2.95 bits per heavy atom. The average molecular weight is 282 g/mol. The SMILES string of the molecule is COc1cc2c(cc1C1=NOC(CCl)C1)OC(C)C2. The van der Waals surface area contributed by atoms with Crippen molar-refractivity contribution >= 4 is 17.3 Å². The predicted molar refractivity (Wildman–Crippen MR) is 73.5 cm³/mol. The summed E-state index contributed by atoms with van der Waals surface area (Å²) in [6.07, 6.45) is 1.79. The number of hydrogen-bond acceptors (Lipinski definition) is 4. The smallest absolute Gasteiger partial charge is 0.146 e. The minimum atomic E-state index is -0.0468. The van der Waals surface area contributed by atoms with Crippen LogP contribution in [0.2, 0.25) is 0 Å². The number of hydrogen-bond donors (Lipinski definition) is 0. The first kappa shape index (κ1) is 12.6. The second kappa shape index (κ2) is 4.93. The summed E-state index contributed by atoms with van der Waals surface area (Å²) in [5, 5.41) is 4.11. The number of halogens is 1. The summed E-state index contributed by atoms with van der Waals surface area (Å²) < 4.78 is 11.2. The Kier molecular flexibility index (Phi) is 3.27. The van der Waals surface area contributed by atoms with Crippen LogP contribution in [0.1, 0.15) is 24.5 Å². The van der Waals surface area contributed by atoms with Crippen molar-refractivity contribution in [2.75, 3.05) is 13.0 Å². The van der Waals surface area contributed by atoms with Gasteiger partial charge in [-0.3, -0.25) is 0 Å². The van der Waals surface area contributed by atoms with Crippen molar-refractivity contribution in [1.29, 1.82) is 0 Å². The summed E-state index contributed by atoms with van der Waals surface area (Å²) >= 11 is 5.79. The highest BCUT2D eigenvalue weighted by atomic mass is 35.5. The Morgan fingerprint density at radius 1 is 1.42 bits per heavy atom. The molecule has 1 aromatic rings. The lowest BCUT2D eigenvalue weighted by Gasteiger charge is -2.10. The quantitative estimate of drug-likeness (QED) is 0.800. The van der Waals surface area contributed by atoms with E-state index in [1.165, 1.54) is 5.56 Å². The van der Waals surface area contributed by atoms with Gasteiger partial charge in [-0.15, -0.1) is 11.6 Å². The molecule has 0 fully saturated rings. The Morgan fingerprint density at radius 2 is 2.26 bits per heavy atom. The molecule has 0 saturated heterocycles. The van der Waals surface area contributed by atoms with Crippen molar-refractivity contribution in [2.24, 2.45) is 5.16 Å². The van der Waals surface area contributed by atoms with Crippen molar-refractivity contribution in [3.63, 3.8) is 0 Å². The molecule has 102 valence electrons. The Hall–Kier alpha value is -1.42. The first-order valence-electron chi connectivity index (χ1n) is 6.38. The van der Waals surface area contributed by atoms with Crippen LogP contribution >= 0.6 is 11.6 Å². The van der Waals surface area contributed by atoms with Gasteiger partial charge in [-0.1, -0.05) is 5.16 Å². The standard InChI is InChI=1S/C14H16ClNO3/c1-8-3-9-4-14(17-2)11(6-13(9)18-8)12-5-10(7-15)19-16-12/h4,6,8,10H,3,5,7H2,1-2H3. The summed E-state index contributed by atoms with van der Waals surface area (Å²) in [5.74, 6) is 2.17. The predicted octanol–water partition coefficient (Wildman–Crippen LogP) is 2.75. The van der Waals surface area contributed by atoms with Crippen LogP contribution in [0.3, 0.4) is 0 Å². The van der Waals surface area contributed by atoms with Crippen LogP contribution < -0.4 is 9.47 Å².